The zero-order valence-electron chi connectivity index (χ0n) is 13.7. The fourth-order valence-electron chi connectivity index (χ4n) is 2.48. The van der Waals surface area contributed by atoms with Crippen LogP contribution in [0.15, 0.2) is 30.9 Å². The van der Waals surface area contributed by atoms with Crippen LogP contribution in [0.3, 0.4) is 0 Å². The molecule has 1 heterocycles. The van der Waals surface area contributed by atoms with Crippen molar-refractivity contribution in [3.63, 3.8) is 0 Å². The van der Waals surface area contributed by atoms with Gasteiger partial charge in [0.2, 0.25) is 5.91 Å². The van der Waals surface area contributed by atoms with Gasteiger partial charge in [-0.2, -0.15) is 0 Å². The number of nitrogens with one attached hydrogen (secondary N) is 2. The first-order chi connectivity index (χ1) is 11.5. The maximum Gasteiger partial charge on any atom is 0.251 e. The van der Waals surface area contributed by atoms with E-state index in [2.05, 4.69) is 22.1 Å². The molecule has 24 heavy (non-hydrogen) atoms. The van der Waals surface area contributed by atoms with E-state index in [0.717, 1.165) is 25.7 Å². The summed E-state index contributed by atoms with van der Waals surface area (Å²) in [4.78, 5) is 25.9. The summed E-state index contributed by atoms with van der Waals surface area (Å²) >= 11 is 0. The summed E-state index contributed by atoms with van der Waals surface area (Å²) in [5.41, 5.74) is 0.536. The van der Waals surface area contributed by atoms with Gasteiger partial charge in [0.05, 0.1) is 18.9 Å². The number of morpholine rings is 1. The number of phenolic OH excluding ortho intramolecular Hbond substituents is 1. The molecule has 2 amide bonds. The minimum atomic E-state index is -0.455. The van der Waals surface area contributed by atoms with Crippen LogP contribution >= 0.6 is 0 Å². The molecule has 7 nitrogen and oxygen atoms in total. The van der Waals surface area contributed by atoms with E-state index in [1.54, 1.807) is 0 Å². The average Bonchev–Trinajstić information content (AvgIpc) is 2.57. The summed E-state index contributed by atoms with van der Waals surface area (Å²) in [5, 5.41) is 15.1. The molecule has 0 saturated carbocycles. The highest BCUT2D eigenvalue weighted by atomic mass is 16.5. The van der Waals surface area contributed by atoms with E-state index in [1.165, 1.54) is 18.2 Å². The lowest BCUT2D eigenvalue weighted by Gasteiger charge is -2.29. The Morgan fingerprint density at radius 2 is 2.12 bits per heavy atom. The molecule has 0 bridgehead atoms. The second kappa shape index (κ2) is 8.47. The molecular weight excluding hydrogens is 310 g/mol. The van der Waals surface area contributed by atoms with E-state index >= 15 is 0 Å². The first kappa shape index (κ1) is 18.0. The molecule has 1 atom stereocenters. The molecular formula is C17H23N3O4. The van der Waals surface area contributed by atoms with Crippen LogP contribution in [0.1, 0.15) is 17.3 Å². The van der Waals surface area contributed by atoms with Crippen molar-refractivity contribution in [2.75, 3.05) is 38.2 Å². The van der Waals surface area contributed by atoms with Gasteiger partial charge in [-0.1, -0.05) is 6.58 Å². The number of carbonyl (C=O) groups excluding carboxylic acids is 2. The van der Waals surface area contributed by atoms with Gasteiger partial charge < -0.3 is 20.5 Å². The summed E-state index contributed by atoms with van der Waals surface area (Å²) in [6, 6.07) is 4.29. The molecule has 1 aliphatic heterocycles. The molecule has 7 heteroatoms. The Kier molecular flexibility index (Phi) is 6.34. The molecule has 130 valence electrons. The van der Waals surface area contributed by atoms with Gasteiger partial charge in [-0.3, -0.25) is 14.5 Å². The Morgan fingerprint density at radius 1 is 1.42 bits per heavy atom. The second-order valence-corrected chi connectivity index (χ2v) is 5.71. The van der Waals surface area contributed by atoms with Gasteiger partial charge in [0, 0.05) is 31.2 Å². The number of nitrogens with zero attached hydrogens (tertiary/aromatic N) is 1. The monoisotopic (exact) mass is 333 g/mol. The third-order valence-corrected chi connectivity index (χ3v) is 3.72. The molecule has 1 aromatic carbocycles. The standard InChI is InChI=1S/C17H23N3O4/c1-3-16(22)19-14-10-13(4-5-15(14)21)17(23)18-12(2)11-20-6-8-24-9-7-20/h3-5,10,12,21H,1,6-9,11H2,2H3,(H,18,23)(H,19,22). The number of carbonyl (C=O) groups is 2. The molecule has 3 N–H and O–H groups in total. The van der Waals surface area contributed by atoms with E-state index in [0.29, 0.717) is 18.8 Å². The van der Waals surface area contributed by atoms with E-state index in [4.69, 9.17) is 4.74 Å². The van der Waals surface area contributed by atoms with Crippen molar-refractivity contribution in [3.05, 3.63) is 36.4 Å². The van der Waals surface area contributed by atoms with Gasteiger partial charge >= 0.3 is 0 Å². The average molecular weight is 333 g/mol. The number of ether oxygens (including phenoxy) is 1. The van der Waals surface area contributed by atoms with Gasteiger partial charge in [-0.05, 0) is 31.2 Å². The lowest BCUT2D eigenvalue weighted by Crippen LogP contribution is -2.46. The summed E-state index contributed by atoms with van der Waals surface area (Å²) in [6.45, 7) is 9.18. The minimum Gasteiger partial charge on any atom is -0.506 e. The smallest absolute Gasteiger partial charge is 0.251 e. The predicted molar refractivity (Wildman–Crippen MR) is 91.1 cm³/mol. The van der Waals surface area contributed by atoms with Gasteiger partial charge in [0.1, 0.15) is 5.75 Å². The van der Waals surface area contributed by atoms with Crippen LogP contribution in [0.4, 0.5) is 5.69 Å². The predicted octanol–water partition coefficient (Wildman–Crippen LogP) is 0.967. The number of hydrogen-bond donors (Lipinski definition) is 3. The molecule has 1 unspecified atom stereocenters. The summed E-state index contributed by atoms with van der Waals surface area (Å²) in [7, 11) is 0. The normalized spacial score (nSPS) is 16.2. The number of phenols is 1. The lowest BCUT2D eigenvalue weighted by atomic mass is 10.1. The zero-order chi connectivity index (χ0) is 17.5. The van der Waals surface area contributed by atoms with E-state index in [9.17, 15) is 14.7 Å². The Labute approximate surface area is 141 Å². The Hall–Kier alpha value is -2.38. The number of rotatable bonds is 6. The maximum atomic E-state index is 12.3. The Morgan fingerprint density at radius 3 is 2.79 bits per heavy atom. The van der Waals surface area contributed by atoms with Gasteiger partial charge in [-0.25, -0.2) is 0 Å². The van der Waals surface area contributed by atoms with E-state index < -0.39 is 5.91 Å². The zero-order valence-corrected chi connectivity index (χ0v) is 13.7. The van der Waals surface area contributed by atoms with Gasteiger partial charge in [0.15, 0.2) is 0 Å². The number of benzene rings is 1. The molecule has 0 aromatic heterocycles. The van der Waals surface area contributed by atoms with Crippen molar-refractivity contribution >= 4 is 17.5 Å². The quantitative estimate of drug-likeness (QED) is 0.533. The third kappa shape index (κ3) is 5.07. The molecule has 0 spiro atoms. The highest BCUT2D eigenvalue weighted by Gasteiger charge is 2.17. The summed E-state index contributed by atoms with van der Waals surface area (Å²) < 4.78 is 5.30. The van der Waals surface area contributed by atoms with Crippen LogP contribution in [0, 0.1) is 0 Å². The lowest BCUT2D eigenvalue weighted by molar-refractivity contribution is -0.111. The van der Waals surface area contributed by atoms with Crippen LogP contribution in [-0.4, -0.2) is 60.7 Å². The van der Waals surface area contributed by atoms with E-state index in [1.807, 2.05) is 6.92 Å². The number of amides is 2. The van der Waals surface area contributed by atoms with E-state index in [-0.39, 0.29) is 23.4 Å². The fraction of sp³-hybridized carbons (Fsp3) is 0.412. The van der Waals surface area contributed by atoms with Crippen molar-refractivity contribution in [2.24, 2.45) is 0 Å². The highest BCUT2D eigenvalue weighted by Crippen LogP contribution is 2.24. The second-order valence-electron chi connectivity index (χ2n) is 5.71. The maximum absolute atomic E-state index is 12.3. The molecule has 0 aliphatic carbocycles. The molecule has 1 fully saturated rings. The van der Waals surface area contributed by atoms with Crippen molar-refractivity contribution in [1.29, 1.82) is 0 Å². The largest absolute Gasteiger partial charge is 0.506 e. The topological polar surface area (TPSA) is 90.9 Å². The van der Waals surface area contributed by atoms with Crippen molar-refractivity contribution < 1.29 is 19.4 Å². The van der Waals surface area contributed by atoms with Crippen LogP contribution in [0.5, 0.6) is 5.75 Å². The van der Waals surface area contributed by atoms with Crippen LogP contribution in [0.2, 0.25) is 0 Å². The third-order valence-electron chi connectivity index (χ3n) is 3.72. The SMILES string of the molecule is C=CC(=O)Nc1cc(C(=O)NC(C)CN2CCOCC2)ccc1O. The Bertz CT molecular complexity index is 612. The summed E-state index contributed by atoms with van der Waals surface area (Å²) in [6.07, 6.45) is 1.09. The van der Waals surface area contributed by atoms with Crippen LogP contribution in [0.25, 0.3) is 0 Å². The van der Waals surface area contributed by atoms with Gasteiger partial charge in [0.25, 0.3) is 5.91 Å². The highest BCUT2D eigenvalue weighted by molar-refractivity contribution is 6.02. The Balaban J connectivity index is 1.96. The first-order valence-corrected chi connectivity index (χ1v) is 7.87. The molecule has 1 aromatic rings. The minimum absolute atomic E-state index is 0.0318. The molecule has 0 radical (unpaired) electrons. The van der Waals surface area contributed by atoms with Crippen molar-refractivity contribution in [1.82, 2.24) is 10.2 Å². The number of anilines is 1. The molecule has 1 aliphatic rings. The van der Waals surface area contributed by atoms with Crippen LogP contribution in [-0.2, 0) is 9.53 Å². The van der Waals surface area contributed by atoms with Crippen molar-refractivity contribution in [2.45, 2.75) is 13.0 Å². The first-order valence-electron chi connectivity index (χ1n) is 7.87. The van der Waals surface area contributed by atoms with Crippen molar-refractivity contribution in [3.8, 4) is 5.75 Å². The summed E-state index contributed by atoms with van der Waals surface area (Å²) in [5.74, 6) is -0.823. The molecule has 1 saturated heterocycles. The van der Waals surface area contributed by atoms with Crippen LogP contribution < -0.4 is 10.6 Å². The number of hydrogen-bond acceptors (Lipinski definition) is 5. The molecule has 2 rings (SSSR count). The van der Waals surface area contributed by atoms with Gasteiger partial charge in [-0.15, -0.1) is 0 Å². The fourth-order valence-corrected chi connectivity index (χ4v) is 2.48. The number of aromatic hydroxyl groups is 1.